The molecule has 0 radical (unpaired) electrons. The molecule has 18 aromatic rings. The summed E-state index contributed by atoms with van der Waals surface area (Å²) in [4.78, 5) is 19.6. The number of pyridine rings is 6. The molecule has 0 atom stereocenters. The minimum atomic E-state index is -0.122. The minimum absolute atomic E-state index is 0. The van der Waals surface area contributed by atoms with Crippen LogP contribution in [0.3, 0.4) is 0 Å². The third-order valence-electron chi connectivity index (χ3n) is 15.8. The van der Waals surface area contributed by atoms with E-state index < -0.39 is 0 Å². The van der Waals surface area contributed by atoms with Crippen LogP contribution in [0.25, 0.3) is 130 Å². The van der Waals surface area contributed by atoms with Crippen LogP contribution >= 0.6 is 0 Å². The Kier molecular flexibility index (Phi) is 21.7. The molecule has 0 saturated heterocycles. The van der Waals surface area contributed by atoms with E-state index in [1.165, 1.54) is 18.2 Å². The molecule has 0 bridgehead atoms. The Morgan fingerprint density at radius 1 is 0.306 bits per heavy atom. The molecule has 0 aliphatic carbocycles. The van der Waals surface area contributed by atoms with E-state index in [-0.39, 0.29) is 117 Å². The third-order valence-corrected chi connectivity index (χ3v) is 15.8. The molecule has 0 aliphatic heterocycles. The van der Waals surface area contributed by atoms with Crippen molar-refractivity contribution < 1.29 is 84.6 Å². The Labute approximate surface area is 605 Å². The number of phenolic OH excluding ortho intramolecular Hbond substituents is 1. The van der Waals surface area contributed by atoms with Crippen LogP contribution < -0.4 is 50.5 Å². The molecule has 0 aliphatic rings. The fourth-order valence-electron chi connectivity index (χ4n) is 11.5. The van der Waals surface area contributed by atoms with Crippen LogP contribution in [0.2, 0.25) is 0 Å². The average Bonchev–Trinajstić information content (AvgIpc) is 0.784. The number of hydrogen-bond acceptors (Lipinski definition) is 7. The average molecular weight is 1320 g/mol. The SMILES string of the molecule is [2H]c1c(C)c2ccc[nH+]c2c2c([O-])cccc12.[2H]c1c(C)c2cccc([O-])c2c2[nH+]cccc12.[2H]c1c([2H])c2cccc([O-])c2c2[nH+]cccc12.[2H]c1cc2ccc[nH+]c2c2c([O-])cccc12.[2H]c1cc2cccc([O-])c2c2[nH+]cccc12.[2H]c1cc2cccnc2c2c(O)cccc12.[Be+2].[Be+2].[Be+2].[Be+2].[Be+2].[Zn]. The molecule has 6 heterocycles. The number of aromatic amines is 5. The normalized spacial score (nSPS) is 11.3. The quantitative estimate of drug-likeness (QED) is 0.114. The second kappa shape index (κ2) is 33.1. The molecule has 12 aromatic carbocycles. The molecule has 98 heavy (non-hydrogen) atoms. The number of benzene rings is 12. The smallest absolute Gasteiger partial charge is 0.872 e. The van der Waals surface area contributed by atoms with E-state index in [1.54, 1.807) is 134 Å². The van der Waals surface area contributed by atoms with E-state index in [0.29, 0.717) is 89.6 Å². The molecule has 0 fully saturated rings. The van der Waals surface area contributed by atoms with Crippen LogP contribution in [0.5, 0.6) is 34.5 Å². The number of rotatable bonds is 0. The van der Waals surface area contributed by atoms with Crippen LogP contribution in [0.1, 0.15) is 20.7 Å². The largest absolute Gasteiger partial charge is 2.00 e. The van der Waals surface area contributed by atoms with E-state index in [0.717, 1.165) is 81.8 Å². The molecule has 18 rings (SSSR count). The van der Waals surface area contributed by atoms with Crippen molar-refractivity contribution in [2.24, 2.45) is 0 Å². The summed E-state index contributed by atoms with van der Waals surface area (Å²) < 4.78 is 55.8. The van der Waals surface area contributed by atoms with Gasteiger partial charge in [0, 0.05) is 121 Å². The van der Waals surface area contributed by atoms with Gasteiger partial charge in [0.2, 0.25) is 27.6 Å². The predicted octanol–water partition coefficient (Wildman–Crippen LogP) is 11.2. The van der Waals surface area contributed by atoms with Gasteiger partial charge >= 0.3 is 50.6 Å². The van der Waals surface area contributed by atoms with Gasteiger partial charge in [0.15, 0.2) is 31.0 Å². The zero-order chi connectivity index (χ0) is 69.3. The van der Waals surface area contributed by atoms with Crippen molar-refractivity contribution in [2.45, 2.75) is 13.8 Å². The first-order valence-electron chi connectivity index (χ1n) is 32.8. The number of aromatic nitrogens is 6. The van der Waals surface area contributed by atoms with Crippen molar-refractivity contribution in [1.82, 2.24) is 4.98 Å². The zero-order valence-corrected chi connectivity index (χ0v) is 56.7. The van der Waals surface area contributed by atoms with Gasteiger partial charge in [0.25, 0.3) is 0 Å². The summed E-state index contributed by atoms with van der Waals surface area (Å²) in [5.41, 5.74) is 6.25. The number of nitrogens with one attached hydrogen (secondary N) is 5. The molecule has 6 aromatic heterocycles. The Morgan fingerprint density at radius 2 is 0.643 bits per heavy atom. The van der Waals surface area contributed by atoms with Crippen molar-refractivity contribution in [3.05, 3.63) is 291 Å². The second-order valence-electron chi connectivity index (χ2n) is 21.5. The minimum Gasteiger partial charge on any atom is -0.872 e. The molecular weight excluding hydrogens is 1250 g/mol. The zero-order valence-electron chi connectivity index (χ0n) is 60.7. The monoisotopic (exact) mass is 1310 g/mol. The van der Waals surface area contributed by atoms with Gasteiger partial charge in [-0.1, -0.05) is 174 Å². The number of fused-ring (bicyclic) bond motifs is 18. The second-order valence-corrected chi connectivity index (χ2v) is 21.5. The Balaban J connectivity index is 0.000000174. The number of hydrogen-bond donors (Lipinski definition) is 1. The Bertz CT molecular complexity index is 5860. The fraction of sp³-hybridized carbons (Fsp3) is 0.0250. The summed E-state index contributed by atoms with van der Waals surface area (Å²) in [6.45, 7) is 3.80. The summed E-state index contributed by atoms with van der Waals surface area (Å²) in [6, 6.07) is 60.3. The van der Waals surface area contributed by atoms with Gasteiger partial charge < -0.3 is 30.6 Å². The maximum absolute atomic E-state index is 12.0. The molecule has 0 saturated carbocycles. The van der Waals surface area contributed by atoms with Gasteiger partial charge in [-0.2, -0.15) is 0 Å². The van der Waals surface area contributed by atoms with E-state index >= 15 is 0 Å². The van der Waals surface area contributed by atoms with Crippen molar-refractivity contribution in [1.29, 1.82) is 0 Å². The van der Waals surface area contributed by atoms with Crippen molar-refractivity contribution in [3.8, 4) is 34.5 Å². The third kappa shape index (κ3) is 15.1. The summed E-state index contributed by atoms with van der Waals surface area (Å²) in [7, 11) is 0. The van der Waals surface area contributed by atoms with E-state index in [9.17, 15) is 30.6 Å². The molecular formula is C80H58Be5N6O6Zn+10. The summed E-state index contributed by atoms with van der Waals surface area (Å²) >= 11 is 0. The number of nitrogens with zero attached hydrogens (tertiary/aromatic N) is 1. The van der Waals surface area contributed by atoms with Crippen molar-refractivity contribution in [2.75, 3.05) is 0 Å². The molecule has 0 spiro atoms. The van der Waals surface area contributed by atoms with Gasteiger partial charge in [-0.15, -0.1) is 0 Å². The summed E-state index contributed by atoms with van der Waals surface area (Å²) in [5.74, 6) is -0.0377. The Hall–Kier alpha value is -11.1. The topological polar surface area (TPSA) is 219 Å². The van der Waals surface area contributed by atoms with Gasteiger partial charge in [0.05, 0.1) is 15.1 Å². The number of aromatic hydroxyl groups is 1. The first-order chi connectivity index (χ1) is 47.9. The van der Waals surface area contributed by atoms with Crippen LogP contribution in [-0.2, 0) is 19.5 Å². The summed E-state index contributed by atoms with van der Waals surface area (Å²) in [6.07, 6.45) is 10.6. The maximum atomic E-state index is 12.0. The maximum Gasteiger partial charge on any atom is 2.00 e. The van der Waals surface area contributed by atoms with Gasteiger partial charge in [-0.05, 0) is 124 Å². The van der Waals surface area contributed by atoms with Crippen LogP contribution in [0, 0.1) is 13.8 Å². The summed E-state index contributed by atoms with van der Waals surface area (Å²) in [5, 5.41) is 82.3. The first kappa shape index (κ1) is 64.3. The van der Waals surface area contributed by atoms with Gasteiger partial charge in [0.1, 0.15) is 5.75 Å². The van der Waals surface area contributed by atoms with Crippen LogP contribution in [0.4, 0.5) is 0 Å². The van der Waals surface area contributed by atoms with Gasteiger partial charge in [-0.25, -0.2) is 24.9 Å². The molecule has 6 N–H and O–H groups in total. The van der Waals surface area contributed by atoms with E-state index in [1.807, 2.05) is 98.8 Å². The molecule has 446 valence electrons. The predicted molar refractivity (Wildman–Crippen MR) is 386 cm³/mol. The number of phenols is 1. The number of aryl methyl sites for hydroxylation is 2. The number of H-pyrrole nitrogens is 5. The molecule has 12 nitrogen and oxygen atoms in total. The molecule has 18 heteroatoms. The van der Waals surface area contributed by atoms with Gasteiger partial charge in [-0.3, -0.25) is 4.98 Å². The van der Waals surface area contributed by atoms with E-state index in [2.05, 4.69) is 29.9 Å². The van der Waals surface area contributed by atoms with Crippen molar-refractivity contribution in [3.63, 3.8) is 0 Å². The molecule has 0 unspecified atom stereocenters. The standard InChI is InChI=1S/2C14H11NO.4C13H9NO.5Be.Zn/c1-9-8-10-4-3-7-15-14(10)13-11(9)5-2-6-12(13)16;1-9-8-10-4-2-6-12(16)13(10)14-11(9)5-3-7-15-14;4*15-11-5-1-3-9-6-7-10-4-2-8-14-13(10)12(9)11;;;;;;/h2*2-8,16H,1H3;4*1-8,15H;;;;;;/q;;;;;;5*+2;/i2*8D;6D,7D;7D;2*6D;;;;;;. The van der Waals surface area contributed by atoms with E-state index in [4.69, 9.17) is 9.60 Å². The van der Waals surface area contributed by atoms with Crippen molar-refractivity contribution >= 4 is 181 Å². The fourth-order valence-corrected chi connectivity index (χ4v) is 11.5. The van der Waals surface area contributed by atoms with Crippen LogP contribution in [-0.4, -0.2) is 60.7 Å². The molecule has 0 amide bonds. The Morgan fingerprint density at radius 3 is 1.23 bits per heavy atom. The van der Waals surface area contributed by atoms with Crippen LogP contribution in [0.15, 0.2) is 280 Å². The first-order valence-corrected chi connectivity index (χ1v) is 29.3.